The number of nitrogens with one attached hydrogen (secondary N) is 1. The molecule has 0 saturated carbocycles. The van der Waals surface area contributed by atoms with Gasteiger partial charge in [-0.1, -0.05) is 28.1 Å². The van der Waals surface area contributed by atoms with Crippen molar-refractivity contribution in [2.45, 2.75) is 6.54 Å². The monoisotopic (exact) mass is 263 g/mol. The van der Waals surface area contributed by atoms with E-state index >= 15 is 0 Å². The van der Waals surface area contributed by atoms with Crippen LogP contribution >= 0.6 is 15.9 Å². The Morgan fingerprint density at radius 3 is 2.60 bits per heavy atom. The van der Waals surface area contributed by atoms with Gasteiger partial charge in [-0.15, -0.1) is 0 Å². The van der Waals surface area contributed by atoms with Gasteiger partial charge >= 0.3 is 0 Å². The van der Waals surface area contributed by atoms with Gasteiger partial charge in [-0.2, -0.15) is 0 Å². The van der Waals surface area contributed by atoms with Crippen molar-refractivity contribution < 1.29 is 0 Å². The summed E-state index contributed by atoms with van der Waals surface area (Å²) in [6, 6.07) is 8.17. The fourth-order valence-corrected chi connectivity index (χ4v) is 1.45. The van der Waals surface area contributed by atoms with E-state index in [0.717, 1.165) is 16.8 Å². The minimum absolute atomic E-state index is 0.756. The van der Waals surface area contributed by atoms with Gasteiger partial charge < -0.3 is 5.32 Å². The molecular weight excluding hydrogens is 254 g/mol. The molecule has 1 aromatic heterocycles. The number of nitrogens with zero attached hydrogens (tertiary/aromatic N) is 2. The molecule has 1 heterocycles. The first-order valence-electron chi connectivity index (χ1n) is 4.59. The molecule has 0 fully saturated rings. The Morgan fingerprint density at radius 1 is 1.13 bits per heavy atom. The molecule has 0 aliphatic rings. The third-order valence-electron chi connectivity index (χ3n) is 1.95. The number of benzene rings is 1. The molecule has 2 rings (SSSR count). The van der Waals surface area contributed by atoms with E-state index in [4.69, 9.17) is 0 Å². The van der Waals surface area contributed by atoms with Crippen LogP contribution < -0.4 is 5.32 Å². The van der Waals surface area contributed by atoms with Crippen LogP contribution in [-0.4, -0.2) is 9.97 Å². The van der Waals surface area contributed by atoms with Crippen LogP contribution in [0.1, 0.15) is 5.56 Å². The largest absolute Gasteiger partial charge is 0.365 e. The van der Waals surface area contributed by atoms with Gasteiger partial charge in [-0.3, -0.25) is 4.98 Å². The van der Waals surface area contributed by atoms with Crippen LogP contribution in [0.25, 0.3) is 0 Å². The van der Waals surface area contributed by atoms with Crippen molar-refractivity contribution in [3.05, 3.63) is 52.9 Å². The van der Waals surface area contributed by atoms with E-state index in [0.29, 0.717) is 0 Å². The van der Waals surface area contributed by atoms with Crippen molar-refractivity contribution in [1.29, 1.82) is 0 Å². The molecule has 15 heavy (non-hydrogen) atoms. The third kappa shape index (κ3) is 3.02. The van der Waals surface area contributed by atoms with E-state index in [1.54, 1.807) is 18.6 Å². The lowest BCUT2D eigenvalue weighted by atomic mass is 10.2. The van der Waals surface area contributed by atoms with Gasteiger partial charge in [-0.05, 0) is 17.7 Å². The minimum Gasteiger partial charge on any atom is -0.365 e. The van der Waals surface area contributed by atoms with Crippen LogP contribution in [0.3, 0.4) is 0 Å². The standard InChI is InChI=1S/C11H10BrN3/c12-10-3-1-9(2-4-10)7-15-11-8-13-5-6-14-11/h1-6,8H,7H2,(H,14,15). The molecule has 1 N–H and O–H groups in total. The quantitative estimate of drug-likeness (QED) is 0.926. The zero-order valence-electron chi connectivity index (χ0n) is 8.02. The second kappa shape index (κ2) is 4.89. The topological polar surface area (TPSA) is 37.8 Å². The van der Waals surface area contributed by atoms with Crippen molar-refractivity contribution in [1.82, 2.24) is 9.97 Å². The Kier molecular flexibility index (Phi) is 3.29. The predicted octanol–water partition coefficient (Wildman–Crippen LogP) is 2.85. The predicted molar refractivity (Wildman–Crippen MR) is 63.5 cm³/mol. The van der Waals surface area contributed by atoms with Crippen molar-refractivity contribution in [2.24, 2.45) is 0 Å². The third-order valence-corrected chi connectivity index (χ3v) is 2.48. The molecule has 4 heteroatoms. The van der Waals surface area contributed by atoms with E-state index in [-0.39, 0.29) is 0 Å². The molecule has 2 aromatic rings. The van der Waals surface area contributed by atoms with Gasteiger partial charge in [0.1, 0.15) is 5.82 Å². The molecule has 0 atom stereocenters. The summed E-state index contributed by atoms with van der Waals surface area (Å²) in [5, 5.41) is 3.19. The fraction of sp³-hybridized carbons (Fsp3) is 0.0909. The number of anilines is 1. The molecule has 0 aliphatic heterocycles. The summed E-state index contributed by atoms with van der Waals surface area (Å²) in [4.78, 5) is 8.11. The Bertz CT molecular complexity index is 414. The number of rotatable bonds is 3. The maximum absolute atomic E-state index is 4.13. The molecule has 0 unspecified atom stereocenters. The molecule has 3 nitrogen and oxygen atoms in total. The molecule has 0 aliphatic carbocycles. The van der Waals surface area contributed by atoms with Crippen molar-refractivity contribution >= 4 is 21.7 Å². The van der Waals surface area contributed by atoms with E-state index in [9.17, 15) is 0 Å². The fourth-order valence-electron chi connectivity index (χ4n) is 1.19. The highest BCUT2D eigenvalue weighted by Gasteiger charge is 1.94. The van der Waals surface area contributed by atoms with Crippen LogP contribution in [0.2, 0.25) is 0 Å². The van der Waals surface area contributed by atoms with Crippen molar-refractivity contribution in [3.8, 4) is 0 Å². The van der Waals surface area contributed by atoms with E-state index in [1.165, 1.54) is 5.56 Å². The maximum Gasteiger partial charge on any atom is 0.144 e. The zero-order valence-corrected chi connectivity index (χ0v) is 9.61. The minimum atomic E-state index is 0.756. The van der Waals surface area contributed by atoms with Gasteiger partial charge in [0, 0.05) is 23.4 Å². The highest BCUT2D eigenvalue weighted by Crippen LogP contribution is 2.11. The number of hydrogen-bond acceptors (Lipinski definition) is 3. The zero-order chi connectivity index (χ0) is 10.5. The first-order valence-corrected chi connectivity index (χ1v) is 5.38. The normalized spacial score (nSPS) is 9.93. The molecule has 0 spiro atoms. The molecule has 0 radical (unpaired) electrons. The van der Waals surface area contributed by atoms with Gasteiger partial charge in [0.25, 0.3) is 0 Å². The van der Waals surface area contributed by atoms with Crippen molar-refractivity contribution in [2.75, 3.05) is 5.32 Å². The molecule has 1 aromatic carbocycles. The summed E-state index contributed by atoms with van der Waals surface area (Å²) in [6.07, 6.45) is 5.04. The lowest BCUT2D eigenvalue weighted by Gasteiger charge is -2.04. The Balaban J connectivity index is 1.96. The second-order valence-electron chi connectivity index (χ2n) is 3.07. The summed E-state index contributed by atoms with van der Waals surface area (Å²) in [5.41, 5.74) is 1.21. The van der Waals surface area contributed by atoms with Crippen LogP contribution in [0, 0.1) is 0 Å². The molecule has 0 amide bonds. The van der Waals surface area contributed by atoms with Crippen molar-refractivity contribution in [3.63, 3.8) is 0 Å². The first-order chi connectivity index (χ1) is 7.34. The molecule has 0 bridgehead atoms. The second-order valence-corrected chi connectivity index (χ2v) is 3.99. The van der Waals surface area contributed by atoms with Gasteiger partial charge in [0.05, 0.1) is 6.20 Å². The van der Waals surface area contributed by atoms with E-state index in [2.05, 4.69) is 43.3 Å². The number of halogens is 1. The van der Waals surface area contributed by atoms with Gasteiger partial charge in [-0.25, -0.2) is 4.98 Å². The average Bonchev–Trinajstić information content (AvgIpc) is 2.30. The molecular formula is C11H10BrN3. The van der Waals surface area contributed by atoms with Gasteiger partial charge in [0.2, 0.25) is 0 Å². The first kappa shape index (κ1) is 10.1. The summed E-state index contributed by atoms with van der Waals surface area (Å²) in [7, 11) is 0. The SMILES string of the molecule is Brc1ccc(CNc2cnccn2)cc1. The maximum atomic E-state index is 4.13. The molecule has 76 valence electrons. The van der Waals surface area contributed by atoms with Crippen LogP contribution in [0.4, 0.5) is 5.82 Å². The molecule has 0 saturated heterocycles. The average molecular weight is 264 g/mol. The summed E-state index contributed by atoms with van der Waals surface area (Å²) >= 11 is 3.40. The Morgan fingerprint density at radius 2 is 1.93 bits per heavy atom. The number of hydrogen-bond donors (Lipinski definition) is 1. The number of aromatic nitrogens is 2. The Hall–Kier alpha value is -1.42. The summed E-state index contributed by atoms with van der Waals surface area (Å²) in [5.74, 6) is 0.792. The highest BCUT2D eigenvalue weighted by atomic mass is 79.9. The van der Waals surface area contributed by atoms with Crippen LogP contribution in [0.15, 0.2) is 47.3 Å². The lowest BCUT2D eigenvalue weighted by Crippen LogP contribution is -2.00. The summed E-state index contributed by atoms with van der Waals surface area (Å²) in [6.45, 7) is 0.756. The van der Waals surface area contributed by atoms with E-state index in [1.807, 2.05) is 12.1 Å². The highest BCUT2D eigenvalue weighted by molar-refractivity contribution is 9.10. The van der Waals surface area contributed by atoms with Gasteiger partial charge in [0.15, 0.2) is 0 Å². The Labute approximate surface area is 96.7 Å². The summed E-state index contributed by atoms with van der Waals surface area (Å²) < 4.78 is 1.09. The van der Waals surface area contributed by atoms with Crippen LogP contribution in [-0.2, 0) is 6.54 Å². The van der Waals surface area contributed by atoms with E-state index < -0.39 is 0 Å². The lowest BCUT2D eigenvalue weighted by molar-refractivity contribution is 1.09. The van der Waals surface area contributed by atoms with Crippen LogP contribution in [0.5, 0.6) is 0 Å². The smallest absolute Gasteiger partial charge is 0.144 e.